The molecule has 0 aliphatic carbocycles. The maximum absolute atomic E-state index is 11.2. The normalized spacial score (nSPS) is 10.3. The number of ketones is 1. The molecule has 0 fully saturated rings. The van der Waals surface area contributed by atoms with Crippen molar-refractivity contribution in [2.75, 3.05) is 11.5 Å². The number of nitrogens with two attached hydrogens (primary N) is 2. The molecule has 0 aliphatic heterocycles. The van der Waals surface area contributed by atoms with E-state index in [1.54, 1.807) is 6.07 Å². The Balaban J connectivity index is 2.63. The molecule has 0 unspecified atom stereocenters. The van der Waals surface area contributed by atoms with Crippen LogP contribution in [0.3, 0.4) is 0 Å². The Kier molecular flexibility index (Phi) is 2.93. The Morgan fingerprint density at radius 2 is 1.94 bits per heavy atom. The van der Waals surface area contributed by atoms with Gasteiger partial charge in [-0.15, -0.1) is 0 Å². The Hall–Kier alpha value is -2.49. The number of Topliss-reactive ketones (excluding diaryl/α,β-unsaturated/α-hetero) is 1. The van der Waals surface area contributed by atoms with Crippen molar-refractivity contribution in [3.63, 3.8) is 0 Å². The van der Waals surface area contributed by atoms with Crippen LogP contribution in [0.2, 0.25) is 0 Å². The highest BCUT2D eigenvalue weighted by Crippen LogP contribution is 2.37. The SMILES string of the molecule is C=C(Oc1c(N)c(N)cc2ccccc12)C(C)=O. The molecule has 0 aromatic heterocycles. The van der Waals surface area contributed by atoms with Gasteiger partial charge in [-0.3, -0.25) is 4.79 Å². The van der Waals surface area contributed by atoms with Gasteiger partial charge in [0, 0.05) is 12.3 Å². The minimum absolute atomic E-state index is 0.0393. The molecule has 0 heterocycles. The molecule has 0 saturated heterocycles. The van der Waals surface area contributed by atoms with E-state index in [-0.39, 0.29) is 11.5 Å². The average molecular weight is 242 g/mol. The maximum Gasteiger partial charge on any atom is 0.194 e. The summed E-state index contributed by atoms with van der Waals surface area (Å²) in [7, 11) is 0. The monoisotopic (exact) mass is 242 g/mol. The fraction of sp³-hybridized carbons (Fsp3) is 0.0714. The molecule has 0 aliphatic rings. The molecule has 0 spiro atoms. The van der Waals surface area contributed by atoms with Gasteiger partial charge in [-0.1, -0.05) is 30.8 Å². The van der Waals surface area contributed by atoms with Crippen molar-refractivity contribution < 1.29 is 9.53 Å². The van der Waals surface area contributed by atoms with E-state index in [2.05, 4.69) is 6.58 Å². The Morgan fingerprint density at radius 3 is 2.61 bits per heavy atom. The van der Waals surface area contributed by atoms with E-state index in [9.17, 15) is 4.79 Å². The number of hydrogen-bond acceptors (Lipinski definition) is 4. The molecule has 0 saturated carbocycles. The summed E-state index contributed by atoms with van der Waals surface area (Å²) in [6.07, 6.45) is 0. The summed E-state index contributed by atoms with van der Waals surface area (Å²) in [5, 5.41) is 1.70. The molecule has 92 valence electrons. The molecule has 0 amide bonds. The number of rotatable bonds is 3. The summed E-state index contributed by atoms with van der Waals surface area (Å²) >= 11 is 0. The van der Waals surface area contributed by atoms with Crippen molar-refractivity contribution in [2.24, 2.45) is 0 Å². The lowest BCUT2D eigenvalue weighted by molar-refractivity contribution is -0.115. The van der Waals surface area contributed by atoms with Crippen LogP contribution in [-0.2, 0) is 4.79 Å². The van der Waals surface area contributed by atoms with E-state index in [4.69, 9.17) is 16.2 Å². The third kappa shape index (κ3) is 2.00. The van der Waals surface area contributed by atoms with Crippen LogP contribution in [0.5, 0.6) is 5.75 Å². The van der Waals surface area contributed by atoms with Crippen LogP contribution in [0.4, 0.5) is 11.4 Å². The number of carbonyl (C=O) groups is 1. The zero-order chi connectivity index (χ0) is 13.3. The number of carbonyl (C=O) groups excluding carboxylic acids is 1. The fourth-order valence-corrected chi connectivity index (χ4v) is 1.66. The van der Waals surface area contributed by atoms with Crippen LogP contribution in [0, 0.1) is 0 Å². The summed E-state index contributed by atoms with van der Waals surface area (Å²) in [4.78, 5) is 11.2. The van der Waals surface area contributed by atoms with E-state index >= 15 is 0 Å². The standard InChI is InChI=1S/C14H14N2O2/c1-8(17)9(2)18-14-11-6-4-3-5-10(11)7-12(15)13(14)16/h3-7H,2,15-16H2,1H3. The summed E-state index contributed by atoms with van der Waals surface area (Å²) < 4.78 is 5.45. The molecular formula is C14H14N2O2. The third-order valence-corrected chi connectivity index (χ3v) is 2.69. The number of fused-ring (bicyclic) bond motifs is 1. The average Bonchev–Trinajstić information content (AvgIpc) is 2.34. The van der Waals surface area contributed by atoms with Gasteiger partial charge in [0.25, 0.3) is 0 Å². The first kappa shape index (κ1) is 12.0. The molecule has 4 heteroatoms. The van der Waals surface area contributed by atoms with Gasteiger partial charge in [0.2, 0.25) is 0 Å². The predicted molar refractivity (Wildman–Crippen MR) is 73.2 cm³/mol. The molecule has 4 nitrogen and oxygen atoms in total. The largest absolute Gasteiger partial charge is 0.451 e. The maximum atomic E-state index is 11.2. The van der Waals surface area contributed by atoms with Crippen LogP contribution in [-0.4, -0.2) is 5.78 Å². The van der Waals surface area contributed by atoms with Gasteiger partial charge in [0.1, 0.15) is 0 Å². The van der Waals surface area contributed by atoms with Crippen molar-refractivity contribution in [3.8, 4) is 5.75 Å². The number of nitrogen functional groups attached to an aromatic ring is 2. The topological polar surface area (TPSA) is 78.3 Å². The van der Waals surface area contributed by atoms with E-state index in [1.165, 1.54) is 6.92 Å². The van der Waals surface area contributed by atoms with Crippen LogP contribution < -0.4 is 16.2 Å². The minimum Gasteiger partial charge on any atom is -0.451 e. The molecule has 0 atom stereocenters. The van der Waals surface area contributed by atoms with Crippen molar-refractivity contribution in [3.05, 3.63) is 42.7 Å². The molecule has 4 N–H and O–H groups in total. The molecule has 0 radical (unpaired) electrons. The van der Waals surface area contributed by atoms with Crippen LogP contribution in [0.15, 0.2) is 42.7 Å². The van der Waals surface area contributed by atoms with E-state index < -0.39 is 0 Å². The van der Waals surface area contributed by atoms with Gasteiger partial charge in [-0.25, -0.2) is 0 Å². The summed E-state index contributed by atoms with van der Waals surface area (Å²) in [6.45, 7) is 4.94. The molecular weight excluding hydrogens is 228 g/mol. The first-order valence-corrected chi connectivity index (χ1v) is 5.45. The first-order chi connectivity index (χ1) is 8.50. The number of anilines is 2. The van der Waals surface area contributed by atoms with Crippen molar-refractivity contribution in [1.82, 2.24) is 0 Å². The highest BCUT2D eigenvalue weighted by Gasteiger charge is 2.13. The van der Waals surface area contributed by atoms with Crippen LogP contribution in [0.1, 0.15) is 6.92 Å². The van der Waals surface area contributed by atoms with Gasteiger partial charge in [-0.2, -0.15) is 0 Å². The Labute approximate surface area is 105 Å². The third-order valence-electron chi connectivity index (χ3n) is 2.69. The lowest BCUT2D eigenvalue weighted by atomic mass is 10.1. The van der Waals surface area contributed by atoms with Crippen LogP contribution in [0.25, 0.3) is 10.8 Å². The quantitative estimate of drug-likeness (QED) is 0.492. The van der Waals surface area contributed by atoms with Crippen molar-refractivity contribution >= 4 is 27.9 Å². The highest BCUT2D eigenvalue weighted by molar-refractivity contribution is 5.99. The van der Waals surface area contributed by atoms with Gasteiger partial charge >= 0.3 is 0 Å². The molecule has 0 bridgehead atoms. The Morgan fingerprint density at radius 1 is 1.28 bits per heavy atom. The number of allylic oxidation sites excluding steroid dienone is 1. The summed E-state index contributed by atoms with van der Waals surface area (Å²) in [5.74, 6) is 0.171. The number of hydrogen-bond donors (Lipinski definition) is 2. The number of benzene rings is 2. The zero-order valence-electron chi connectivity index (χ0n) is 10.1. The molecule has 2 rings (SSSR count). The highest BCUT2D eigenvalue weighted by atomic mass is 16.5. The second-order valence-corrected chi connectivity index (χ2v) is 4.01. The summed E-state index contributed by atoms with van der Waals surface area (Å²) in [5.41, 5.74) is 12.4. The van der Waals surface area contributed by atoms with E-state index in [0.717, 1.165) is 10.8 Å². The lowest BCUT2D eigenvalue weighted by Gasteiger charge is -2.13. The number of ether oxygens (including phenoxy) is 1. The fourth-order valence-electron chi connectivity index (χ4n) is 1.66. The molecule has 2 aromatic carbocycles. The van der Waals surface area contributed by atoms with Gasteiger partial charge in [-0.05, 0) is 11.5 Å². The zero-order valence-corrected chi connectivity index (χ0v) is 10.1. The minimum atomic E-state index is -0.249. The van der Waals surface area contributed by atoms with E-state index in [0.29, 0.717) is 17.1 Å². The van der Waals surface area contributed by atoms with Crippen molar-refractivity contribution in [1.29, 1.82) is 0 Å². The summed E-state index contributed by atoms with van der Waals surface area (Å²) in [6, 6.07) is 9.28. The molecule has 2 aromatic rings. The van der Waals surface area contributed by atoms with Gasteiger partial charge in [0.05, 0.1) is 11.4 Å². The smallest absolute Gasteiger partial charge is 0.194 e. The van der Waals surface area contributed by atoms with Crippen molar-refractivity contribution in [2.45, 2.75) is 6.92 Å². The molecule has 18 heavy (non-hydrogen) atoms. The van der Waals surface area contributed by atoms with Crippen LogP contribution >= 0.6 is 0 Å². The first-order valence-electron chi connectivity index (χ1n) is 5.45. The second-order valence-electron chi connectivity index (χ2n) is 4.01. The predicted octanol–water partition coefficient (Wildman–Crippen LogP) is 2.49. The lowest BCUT2D eigenvalue weighted by Crippen LogP contribution is -2.06. The Bertz CT molecular complexity index is 648. The van der Waals surface area contributed by atoms with E-state index in [1.807, 2.05) is 24.3 Å². The van der Waals surface area contributed by atoms with Gasteiger partial charge < -0.3 is 16.2 Å². The second kappa shape index (κ2) is 4.41. The van der Waals surface area contributed by atoms with Gasteiger partial charge in [0.15, 0.2) is 17.3 Å².